The zero-order valence-corrected chi connectivity index (χ0v) is 11.7. The molecule has 1 aromatic heterocycles. The number of furan rings is 1. The number of ether oxygens (including phenoxy) is 1. The Morgan fingerprint density at radius 1 is 1.44 bits per heavy atom. The molecule has 0 atom stereocenters. The van der Waals surface area contributed by atoms with Crippen molar-refractivity contribution in [2.75, 3.05) is 6.61 Å². The fraction of sp³-hybridized carbons (Fsp3) is 0.571. The SMILES string of the molecule is CC(C)COC(=O)N=C(c1ccoc1)C(C)(C)C. The molecule has 0 aliphatic carbocycles. The third-order valence-electron chi connectivity index (χ3n) is 2.25. The summed E-state index contributed by atoms with van der Waals surface area (Å²) in [5.41, 5.74) is 1.23. The molecule has 0 fully saturated rings. The number of aliphatic imine (C=N–C) groups is 1. The van der Waals surface area contributed by atoms with Crippen LogP contribution < -0.4 is 0 Å². The number of carbonyl (C=O) groups is 1. The summed E-state index contributed by atoms with van der Waals surface area (Å²) in [5.74, 6) is 0.302. The van der Waals surface area contributed by atoms with Gasteiger partial charge in [0.05, 0.1) is 24.8 Å². The number of hydrogen-bond acceptors (Lipinski definition) is 3. The summed E-state index contributed by atoms with van der Waals surface area (Å²) in [7, 11) is 0. The Morgan fingerprint density at radius 3 is 2.56 bits per heavy atom. The number of hydrogen-bond donors (Lipinski definition) is 0. The van der Waals surface area contributed by atoms with Crippen molar-refractivity contribution in [3.63, 3.8) is 0 Å². The van der Waals surface area contributed by atoms with E-state index in [1.807, 2.05) is 34.6 Å². The monoisotopic (exact) mass is 251 g/mol. The molecular weight excluding hydrogens is 230 g/mol. The maximum Gasteiger partial charge on any atom is 0.433 e. The van der Waals surface area contributed by atoms with Crippen molar-refractivity contribution in [1.82, 2.24) is 0 Å². The van der Waals surface area contributed by atoms with E-state index in [0.29, 0.717) is 18.2 Å². The highest BCUT2D eigenvalue weighted by Gasteiger charge is 2.23. The molecule has 1 amide bonds. The second kappa shape index (κ2) is 5.85. The van der Waals surface area contributed by atoms with E-state index in [0.717, 1.165) is 5.56 Å². The molecule has 0 saturated carbocycles. The molecule has 0 bridgehead atoms. The maximum atomic E-state index is 11.7. The standard InChI is InChI=1S/C14H21NO3/c1-10(2)8-18-13(16)15-12(14(3,4)5)11-6-7-17-9-11/h6-7,9-10H,8H2,1-5H3. The lowest BCUT2D eigenvalue weighted by molar-refractivity contribution is 0.143. The van der Waals surface area contributed by atoms with Crippen LogP contribution in [0, 0.1) is 11.3 Å². The minimum absolute atomic E-state index is 0.249. The second-order valence-electron chi connectivity index (χ2n) is 5.69. The average molecular weight is 251 g/mol. The molecule has 1 aromatic rings. The smallest absolute Gasteiger partial charge is 0.433 e. The van der Waals surface area contributed by atoms with Crippen molar-refractivity contribution in [3.8, 4) is 0 Å². The van der Waals surface area contributed by atoms with Crippen LogP contribution in [-0.2, 0) is 4.74 Å². The lowest BCUT2D eigenvalue weighted by Crippen LogP contribution is -2.23. The summed E-state index contributed by atoms with van der Waals surface area (Å²) in [6, 6.07) is 1.79. The van der Waals surface area contributed by atoms with Gasteiger partial charge in [0.1, 0.15) is 0 Å². The van der Waals surface area contributed by atoms with Crippen LogP contribution in [0.1, 0.15) is 40.2 Å². The zero-order valence-electron chi connectivity index (χ0n) is 11.7. The highest BCUT2D eigenvalue weighted by Crippen LogP contribution is 2.22. The second-order valence-corrected chi connectivity index (χ2v) is 5.69. The lowest BCUT2D eigenvalue weighted by Gasteiger charge is -2.20. The van der Waals surface area contributed by atoms with Gasteiger partial charge >= 0.3 is 6.09 Å². The Kier molecular flexibility index (Phi) is 4.70. The fourth-order valence-electron chi connectivity index (χ4n) is 1.43. The van der Waals surface area contributed by atoms with Crippen molar-refractivity contribution in [2.24, 2.45) is 16.3 Å². The third kappa shape index (κ3) is 4.35. The molecule has 0 N–H and O–H groups in total. The number of amides is 1. The van der Waals surface area contributed by atoms with E-state index < -0.39 is 6.09 Å². The van der Waals surface area contributed by atoms with Crippen LogP contribution in [-0.4, -0.2) is 18.4 Å². The molecule has 4 nitrogen and oxygen atoms in total. The average Bonchev–Trinajstić information content (AvgIpc) is 2.74. The first-order chi connectivity index (χ1) is 8.30. The number of rotatable bonds is 3. The van der Waals surface area contributed by atoms with Gasteiger partial charge < -0.3 is 9.15 Å². The summed E-state index contributed by atoms with van der Waals surface area (Å²) in [5, 5.41) is 0. The summed E-state index contributed by atoms with van der Waals surface area (Å²) in [6.07, 6.45) is 2.60. The highest BCUT2D eigenvalue weighted by molar-refractivity contribution is 6.08. The molecule has 0 unspecified atom stereocenters. The minimum Gasteiger partial charge on any atom is -0.472 e. The van der Waals surface area contributed by atoms with Crippen LogP contribution in [0.25, 0.3) is 0 Å². The molecule has 0 aliphatic heterocycles. The van der Waals surface area contributed by atoms with Gasteiger partial charge in [-0.2, -0.15) is 4.99 Å². The van der Waals surface area contributed by atoms with Crippen molar-refractivity contribution in [1.29, 1.82) is 0 Å². The van der Waals surface area contributed by atoms with E-state index in [4.69, 9.17) is 9.15 Å². The van der Waals surface area contributed by atoms with E-state index in [1.165, 1.54) is 0 Å². The topological polar surface area (TPSA) is 51.8 Å². The van der Waals surface area contributed by atoms with E-state index in [-0.39, 0.29) is 5.41 Å². The van der Waals surface area contributed by atoms with Crippen LogP contribution in [0.2, 0.25) is 0 Å². The molecule has 4 heteroatoms. The predicted octanol–water partition coefficient (Wildman–Crippen LogP) is 3.91. The molecule has 100 valence electrons. The molecule has 1 heterocycles. The van der Waals surface area contributed by atoms with Gasteiger partial charge in [-0.15, -0.1) is 0 Å². The Balaban J connectivity index is 2.88. The van der Waals surface area contributed by atoms with Gasteiger partial charge in [0.2, 0.25) is 0 Å². The minimum atomic E-state index is -0.546. The van der Waals surface area contributed by atoms with Crippen molar-refractivity contribution >= 4 is 11.8 Å². The molecule has 0 saturated heterocycles. The van der Waals surface area contributed by atoms with E-state index in [2.05, 4.69) is 4.99 Å². The van der Waals surface area contributed by atoms with Gasteiger partial charge in [-0.25, -0.2) is 4.79 Å². The number of nitrogens with zero attached hydrogens (tertiary/aromatic N) is 1. The van der Waals surface area contributed by atoms with Gasteiger partial charge in [-0.05, 0) is 12.0 Å². The van der Waals surface area contributed by atoms with Gasteiger partial charge in [-0.1, -0.05) is 34.6 Å². The fourth-order valence-corrected chi connectivity index (χ4v) is 1.43. The molecule has 0 aliphatic rings. The van der Waals surface area contributed by atoms with E-state index in [1.54, 1.807) is 18.6 Å². The van der Waals surface area contributed by atoms with E-state index >= 15 is 0 Å². The molecule has 1 rings (SSSR count). The van der Waals surface area contributed by atoms with Crippen LogP contribution >= 0.6 is 0 Å². The Hall–Kier alpha value is -1.58. The summed E-state index contributed by atoms with van der Waals surface area (Å²) < 4.78 is 10.1. The highest BCUT2D eigenvalue weighted by atomic mass is 16.5. The maximum absolute atomic E-state index is 11.7. The summed E-state index contributed by atoms with van der Waals surface area (Å²) in [4.78, 5) is 15.7. The third-order valence-corrected chi connectivity index (χ3v) is 2.25. The van der Waals surface area contributed by atoms with Gasteiger partial charge in [0.15, 0.2) is 0 Å². The van der Waals surface area contributed by atoms with Gasteiger partial charge in [0.25, 0.3) is 0 Å². The van der Waals surface area contributed by atoms with Crippen molar-refractivity contribution < 1.29 is 13.9 Å². The largest absolute Gasteiger partial charge is 0.472 e. The first kappa shape index (κ1) is 14.5. The Labute approximate surface area is 108 Å². The van der Waals surface area contributed by atoms with Crippen molar-refractivity contribution in [2.45, 2.75) is 34.6 Å². The molecule has 0 aromatic carbocycles. The van der Waals surface area contributed by atoms with Gasteiger partial charge in [0, 0.05) is 11.0 Å². The summed E-state index contributed by atoms with van der Waals surface area (Å²) in [6.45, 7) is 10.3. The van der Waals surface area contributed by atoms with Crippen LogP contribution in [0.5, 0.6) is 0 Å². The molecular formula is C14H21NO3. The summed E-state index contributed by atoms with van der Waals surface area (Å²) >= 11 is 0. The number of carbonyl (C=O) groups excluding carboxylic acids is 1. The van der Waals surface area contributed by atoms with Gasteiger partial charge in [-0.3, -0.25) is 0 Å². The van der Waals surface area contributed by atoms with Crippen LogP contribution in [0.4, 0.5) is 4.79 Å². The Bertz CT molecular complexity index is 411. The normalized spacial score (nSPS) is 12.9. The lowest BCUT2D eigenvalue weighted by atomic mass is 9.86. The van der Waals surface area contributed by atoms with E-state index in [9.17, 15) is 4.79 Å². The van der Waals surface area contributed by atoms with Crippen molar-refractivity contribution in [3.05, 3.63) is 24.2 Å². The molecule has 18 heavy (non-hydrogen) atoms. The quantitative estimate of drug-likeness (QED) is 0.765. The van der Waals surface area contributed by atoms with Crippen LogP contribution in [0.15, 0.2) is 28.0 Å². The molecule has 0 spiro atoms. The first-order valence-electron chi connectivity index (χ1n) is 6.09. The predicted molar refractivity (Wildman–Crippen MR) is 70.9 cm³/mol. The Morgan fingerprint density at radius 2 is 2.11 bits per heavy atom. The first-order valence-corrected chi connectivity index (χ1v) is 6.09. The molecule has 0 radical (unpaired) electrons. The van der Waals surface area contributed by atoms with Crippen LogP contribution in [0.3, 0.4) is 0 Å². The zero-order chi connectivity index (χ0) is 13.8.